The Morgan fingerprint density at radius 2 is 1.76 bits per heavy atom. The second kappa shape index (κ2) is 12.7. The summed E-state index contributed by atoms with van der Waals surface area (Å²) in [5.74, 6) is 0.292. The van der Waals surface area contributed by atoms with Crippen molar-refractivity contribution in [3.63, 3.8) is 0 Å². The zero-order valence-electron chi connectivity index (χ0n) is 26.4. The summed E-state index contributed by atoms with van der Waals surface area (Å²) in [6, 6.07) is 2.09. The average molecular weight is 701 g/mol. The molecular formula is C31H41BrF3N5O5. The zero-order valence-corrected chi connectivity index (χ0v) is 28.0. The van der Waals surface area contributed by atoms with Crippen LogP contribution in [-0.2, 0) is 4.74 Å². The van der Waals surface area contributed by atoms with Crippen LogP contribution in [0.5, 0.6) is 11.8 Å². The molecule has 0 bridgehead atoms. The third-order valence-corrected chi connectivity index (χ3v) is 9.67. The van der Waals surface area contributed by atoms with Crippen LogP contribution in [0, 0.1) is 5.41 Å². The zero-order chi connectivity index (χ0) is 32.7. The van der Waals surface area contributed by atoms with Crippen LogP contribution in [-0.4, -0.2) is 103 Å². The van der Waals surface area contributed by atoms with E-state index >= 15 is 0 Å². The summed E-state index contributed by atoms with van der Waals surface area (Å²) in [5.41, 5.74) is -0.348. The van der Waals surface area contributed by atoms with Gasteiger partial charge in [0.15, 0.2) is 18.6 Å². The average Bonchev–Trinajstić information content (AvgIpc) is 2.93. The highest BCUT2D eigenvalue weighted by Crippen LogP contribution is 2.45. The van der Waals surface area contributed by atoms with Crippen molar-refractivity contribution in [2.75, 3.05) is 51.8 Å². The van der Waals surface area contributed by atoms with Gasteiger partial charge in [0, 0.05) is 48.6 Å². The number of aldehydes is 1. The maximum absolute atomic E-state index is 13.3. The Hall–Kier alpha value is -2.87. The van der Waals surface area contributed by atoms with Crippen LogP contribution >= 0.6 is 15.9 Å². The van der Waals surface area contributed by atoms with Gasteiger partial charge in [-0.05, 0) is 95.4 Å². The lowest BCUT2D eigenvalue weighted by Gasteiger charge is -2.53. The van der Waals surface area contributed by atoms with Gasteiger partial charge in [-0.15, -0.1) is 0 Å². The Morgan fingerprint density at radius 1 is 1.11 bits per heavy atom. The molecule has 45 heavy (non-hydrogen) atoms. The summed E-state index contributed by atoms with van der Waals surface area (Å²) < 4.78 is 56.9. The molecule has 0 unspecified atom stereocenters. The lowest BCUT2D eigenvalue weighted by atomic mass is 9.72. The molecule has 1 saturated carbocycles. The molecule has 0 atom stereocenters. The summed E-state index contributed by atoms with van der Waals surface area (Å²) >= 11 is 3.28. The van der Waals surface area contributed by atoms with Crippen molar-refractivity contribution >= 4 is 45.0 Å². The van der Waals surface area contributed by atoms with E-state index in [4.69, 9.17) is 19.2 Å². The first-order valence-electron chi connectivity index (χ1n) is 15.3. The molecule has 3 fully saturated rings. The van der Waals surface area contributed by atoms with Gasteiger partial charge in [-0.2, -0.15) is 23.1 Å². The number of nitrogens with zero attached hydrogens (tertiary/aromatic N) is 5. The fraction of sp³-hybridized carbons (Fsp3) is 0.677. The maximum atomic E-state index is 13.3. The predicted octanol–water partition coefficient (Wildman–Crippen LogP) is 6.23. The van der Waals surface area contributed by atoms with Gasteiger partial charge < -0.3 is 28.9 Å². The van der Waals surface area contributed by atoms with Crippen molar-refractivity contribution < 1.29 is 37.0 Å². The molecule has 3 aliphatic rings. The van der Waals surface area contributed by atoms with E-state index in [-0.39, 0.29) is 44.9 Å². The maximum Gasteiger partial charge on any atom is 0.422 e. The molecule has 0 radical (unpaired) electrons. The molecule has 2 saturated heterocycles. The minimum atomic E-state index is -4.60. The van der Waals surface area contributed by atoms with Crippen LogP contribution < -0.4 is 14.4 Å². The van der Waals surface area contributed by atoms with Crippen molar-refractivity contribution in [1.82, 2.24) is 19.8 Å². The Labute approximate surface area is 269 Å². The van der Waals surface area contributed by atoms with Crippen molar-refractivity contribution in [2.24, 2.45) is 5.41 Å². The fourth-order valence-corrected chi connectivity index (χ4v) is 6.93. The summed E-state index contributed by atoms with van der Waals surface area (Å²) in [6.45, 7) is 6.35. The molecule has 1 aromatic carbocycles. The topological polar surface area (TPSA) is 97.3 Å². The lowest BCUT2D eigenvalue weighted by molar-refractivity contribution is -0.153. The minimum absolute atomic E-state index is 0.0430. The van der Waals surface area contributed by atoms with E-state index in [1.54, 1.807) is 11.0 Å². The molecule has 1 amide bonds. The van der Waals surface area contributed by atoms with Crippen molar-refractivity contribution in [2.45, 2.75) is 83.2 Å². The molecule has 5 rings (SSSR count). The van der Waals surface area contributed by atoms with E-state index in [1.165, 1.54) is 0 Å². The van der Waals surface area contributed by atoms with Crippen LogP contribution in [0.1, 0.15) is 69.7 Å². The van der Waals surface area contributed by atoms with Gasteiger partial charge in [-0.25, -0.2) is 4.79 Å². The Balaban J connectivity index is 1.43. The Kier molecular flexibility index (Phi) is 9.48. The van der Waals surface area contributed by atoms with Gasteiger partial charge in [-0.1, -0.05) is 0 Å². The van der Waals surface area contributed by atoms with Gasteiger partial charge in [0.05, 0.1) is 4.47 Å². The van der Waals surface area contributed by atoms with Gasteiger partial charge >= 0.3 is 18.3 Å². The van der Waals surface area contributed by atoms with Gasteiger partial charge in [0.2, 0.25) is 0 Å². The number of amides is 1. The molecule has 3 heterocycles. The summed E-state index contributed by atoms with van der Waals surface area (Å²) in [6.07, 6.45) is 0.540. The monoisotopic (exact) mass is 699 g/mol. The largest absolute Gasteiger partial charge is 0.481 e. The van der Waals surface area contributed by atoms with Gasteiger partial charge in [0.1, 0.15) is 23.0 Å². The first-order chi connectivity index (χ1) is 21.1. The van der Waals surface area contributed by atoms with Crippen LogP contribution in [0.25, 0.3) is 10.9 Å². The molecule has 1 spiro atoms. The van der Waals surface area contributed by atoms with E-state index in [0.29, 0.717) is 49.7 Å². The summed E-state index contributed by atoms with van der Waals surface area (Å²) in [7, 11) is 4.11. The van der Waals surface area contributed by atoms with Gasteiger partial charge in [0.25, 0.3) is 0 Å². The molecule has 2 aliphatic heterocycles. The van der Waals surface area contributed by atoms with E-state index < -0.39 is 18.4 Å². The number of likely N-dealkylation sites (tertiary alicyclic amines) is 1. The standard InChI is InChI=1S/C31H41BrF3N5O5/c1-29(2,3)45-28(42)40-16-30(17-40)10-12-39(13-11-30)26-22-14-19(15-41)23(32)25(43-18-31(33,34)35)24(22)36-27(37-26)44-21-8-6-20(7-9-21)38(4)5/h14-15,20-21H,6-13,16-18H2,1-5H3. The molecule has 2 aromatic rings. The quantitative estimate of drug-likeness (QED) is 0.312. The number of fused-ring (bicyclic) bond motifs is 1. The SMILES string of the molecule is CN(C)C1CCC(Oc2nc(N3CCC4(CC3)CN(C(=O)OC(C)(C)C)C4)c3cc(C=O)c(Br)c(OCC(F)(F)F)c3n2)CC1. The van der Waals surface area contributed by atoms with E-state index in [1.807, 2.05) is 20.8 Å². The number of halogens is 4. The second-order valence-corrected chi connectivity index (χ2v) is 14.5. The normalized spacial score (nSPS) is 22.0. The highest BCUT2D eigenvalue weighted by atomic mass is 79.9. The molecule has 1 aromatic heterocycles. The number of rotatable bonds is 7. The number of piperidine rings is 1. The van der Waals surface area contributed by atoms with Crippen LogP contribution in [0.15, 0.2) is 10.5 Å². The third-order valence-electron chi connectivity index (χ3n) is 8.85. The first-order valence-corrected chi connectivity index (χ1v) is 16.1. The Bertz CT molecular complexity index is 1410. The van der Waals surface area contributed by atoms with Crippen molar-refractivity contribution in [1.29, 1.82) is 0 Å². The molecule has 10 nitrogen and oxygen atoms in total. The van der Waals surface area contributed by atoms with E-state index in [9.17, 15) is 22.8 Å². The molecule has 1 aliphatic carbocycles. The molecule has 0 N–H and O–H groups in total. The van der Waals surface area contributed by atoms with E-state index in [2.05, 4.69) is 44.8 Å². The number of anilines is 1. The predicted molar refractivity (Wildman–Crippen MR) is 166 cm³/mol. The van der Waals surface area contributed by atoms with Crippen LogP contribution in [0.2, 0.25) is 0 Å². The van der Waals surface area contributed by atoms with Gasteiger partial charge in [-0.3, -0.25) is 4.79 Å². The number of benzene rings is 1. The molecule has 14 heteroatoms. The highest BCUT2D eigenvalue weighted by molar-refractivity contribution is 9.10. The second-order valence-electron chi connectivity index (χ2n) is 13.7. The lowest BCUT2D eigenvalue weighted by Crippen LogP contribution is -2.62. The van der Waals surface area contributed by atoms with Crippen molar-refractivity contribution in [3.05, 3.63) is 16.1 Å². The van der Waals surface area contributed by atoms with E-state index in [0.717, 1.165) is 38.5 Å². The number of aromatic nitrogens is 2. The smallest absolute Gasteiger partial charge is 0.422 e. The molecule has 248 valence electrons. The number of carbonyl (C=O) groups excluding carboxylic acids is 2. The summed E-state index contributed by atoms with van der Waals surface area (Å²) in [5, 5.41) is 0.404. The van der Waals surface area contributed by atoms with Crippen LogP contribution in [0.3, 0.4) is 0 Å². The van der Waals surface area contributed by atoms with Crippen LogP contribution in [0.4, 0.5) is 23.8 Å². The number of hydrogen-bond acceptors (Lipinski definition) is 9. The summed E-state index contributed by atoms with van der Waals surface area (Å²) in [4.78, 5) is 39.8. The minimum Gasteiger partial charge on any atom is -0.481 e. The number of carbonyl (C=O) groups is 2. The fourth-order valence-electron chi connectivity index (χ4n) is 6.42. The first kappa shape index (κ1) is 33.5. The highest BCUT2D eigenvalue weighted by Gasteiger charge is 2.48. The Morgan fingerprint density at radius 3 is 2.31 bits per heavy atom. The number of ether oxygens (including phenoxy) is 3. The van der Waals surface area contributed by atoms with Crippen molar-refractivity contribution in [3.8, 4) is 11.8 Å². The molecular weight excluding hydrogens is 659 g/mol. The number of alkyl halides is 3. The third kappa shape index (κ3) is 7.75. The number of hydrogen-bond donors (Lipinski definition) is 0.